The topological polar surface area (TPSA) is 42.4 Å². The van der Waals surface area contributed by atoms with Crippen molar-refractivity contribution < 1.29 is 22.7 Å². The molecule has 142 valence electrons. The molecule has 1 heterocycles. The van der Waals surface area contributed by atoms with E-state index in [0.29, 0.717) is 26.4 Å². The number of hydrogen-bond donors (Lipinski definition) is 0. The lowest BCUT2D eigenvalue weighted by Gasteiger charge is -2.21. The van der Waals surface area contributed by atoms with Crippen LogP contribution in [0, 0.1) is 6.92 Å². The Morgan fingerprint density at radius 1 is 1.35 bits per heavy atom. The predicted molar refractivity (Wildman–Crippen MR) is 96.5 cm³/mol. The molecule has 0 aliphatic rings. The Balaban J connectivity index is 1.92. The molecule has 10 heteroatoms. The standard InChI is InChI=1S/C16H15Cl2F3N2O2S/c1-10-8-26-15(22-10)23(9-16(19,20)21)14(24)3-2-6-25-13-5-4-11(17)7-12(13)18/h4-5,7-8H,2-3,6,9H2,1H3. The minimum Gasteiger partial charge on any atom is -0.492 e. The molecule has 2 rings (SSSR count). The molecule has 0 fully saturated rings. The minimum atomic E-state index is -4.51. The molecule has 4 nitrogen and oxygen atoms in total. The third-order valence-electron chi connectivity index (χ3n) is 3.16. The molecule has 0 N–H and O–H groups in total. The van der Waals surface area contributed by atoms with Crippen LogP contribution in [0.2, 0.25) is 10.0 Å². The number of halogens is 5. The van der Waals surface area contributed by atoms with Gasteiger partial charge in [-0.1, -0.05) is 23.2 Å². The van der Waals surface area contributed by atoms with Crippen molar-refractivity contribution in [2.75, 3.05) is 18.1 Å². The van der Waals surface area contributed by atoms with Gasteiger partial charge in [-0.15, -0.1) is 11.3 Å². The maximum atomic E-state index is 12.8. The lowest BCUT2D eigenvalue weighted by atomic mass is 10.3. The monoisotopic (exact) mass is 426 g/mol. The van der Waals surface area contributed by atoms with E-state index in [9.17, 15) is 18.0 Å². The van der Waals surface area contributed by atoms with Crippen LogP contribution in [-0.2, 0) is 4.79 Å². The average Bonchev–Trinajstić information content (AvgIpc) is 2.96. The fraction of sp³-hybridized carbons (Fsp3) is 0.375. The van der Waals surface area contributed by atoms with Crippen molar-refractivity contribution in [2.24, 2.45) is 0 Å². The second-order valence-corrected chi connectivity index (χ2v) is 7.07. The highest BCUT2D eigenvalue weighted by Gasteiger charge is 2.34. The molecular formula is C16H15Cl2F3N2O2S. The van der Waals surface area contributed by atoms with Crippen molar-refractivity contribution in [2.45, 2.75) is 25.9 Å². The van der Waals surface area contributed by atoms with Crippen molar-refractivity contribution >= 4 is 45.6 Å². The normalized spacial score (nSPS) is 11.5. The molecule has 0 bridgehead atoms. The zero-order chi connectivity index (χ0) is 19.3. The average molecular weight is 427 g/mol. The quantitative estimate of drug-likeness (QED) is 0.547. The summed E-state index contributed by atoms with van der Waals surface area (Å²) in [5, 5.41) is 2.41. The summed E-state index contributed by atoms with van der Waals surface area (Å²) in [6.45, 7) is 0.409. The Bertz CT molecular complexity index is 768. The number of anilines is 1. The lowest BCUT2D eigenvalue weighted by molar-refractivity contribution is -0.132. The van der Waals surface area contributed by atoms with E-state index in [4.69, 9.17) is 27.9 Å². The third kappa shape index (κ3) is 6.34. The van der Waals surface area contributed by atoms with Gasteiger partial charge >= 0.3 is 6.18 Å². The predicted octanol–water partition coefficient (Wildman–Crippen LogP) is 5.51. The number of nitrogens with zero attached hydrogens (tertiary/aromatic N) is 2. The number of aryl methyl sites for hydroxylation is 1. The fourth-order valence-corrected chi connectivity index (χ4v) is 3.32. The number of carbonyl (C=O) groups excluding carboxylic acids is 1. The third-order valence-corrected chi connectivity index (χ3v) is 4.67. The summed E-state index contributed by atoms with van der Waals surface area (Å²) >= 11 is 12.7. The number of benzene rings is 1. The Hall–Kier alpha value is -1.51. The van der Waals surface area contributed by atoms with Gasteiger partial charge in [-0.2, -0.15) is 13.2 Å². The molecule has 0 aliphatic carbocycles. The van der Waals surface area contributed by atoms with E-state index in [1.807, 2.05) is 0 Å². The highest BCUT2D eigenvalue weighted by atomic mass is 35.5. The van der Waals surface area contributed by atoms with E-state index in [1.54, 1.807) is 24.4 Å². The van der Waals surface area contributed by atoms with E-state index < -0.39 is 18.6 Å². The number of aromatic nitrogens is 1. The first-order valence-corrected chi connectivity index (χ1v) is 9.16. The Labute approximate surface area is 162 Å². The second kappa shape index (κ2) is 8.92. The summed E-state index contributed by atoms with van der Waals surface area (Å²) in [7, 11) is 0. The fourth-order valence-electron chi connectivity index (χ4n) is 2.04. The second-order valence-electron chi connectivity index (χ2n) is 5.39. The van der Waals surface area contributed by atoms with Crippen LogP contribution in [-0.4, -0.2) is 30.2 Å². The maximum absolute atomic E-state index is 12.8. The molecule has 0 saturated heterocycles. The van der Waals surface area contributed by atoms with E-state index in [2.05, 4.69) is 4.98 Å². The Morgan fingerprint density at radius 2 is 2.08 bits per heavy atom. The van der Waals surface area contributed by atoms with Crippen LogP contribution in [0.15, 0.2) is 23.6 Å². The van der Waals surface area contributed by atoms with Crippen LogP contribution in [0.5, 0.6) is 5.75 Å². The van der Waals surface area contributed by atoms with Crippen molar-refractivity contribution in [3.05, 3.63) is 39.3 Å². The largest absolute Gasteiger partial charge is 0.492 e. The Morgan fingerprint density at radius 3 is 2.65 bits per heavy atom. The van der Waals surface area contributed by atoms with E-state index in [1.165, 1.54) is 6.07 Å². The first-order valence-electron chi connectivity index (χ1n) is 7.53. The number of ether oxygens (including phenoxy) is 1. The molecule has 1 aromatic carbocycles. The summed E-state index contributed by atoms with van der Waals surface area (Å²) in [6.07, 6.45) is -4.39. The minimum absolute atomic E-state index is 0.0338. The van der Waals surface area contributed by atoms with Gasteiger partial charge in [0.2, 0.25) is 5.91 Å². The molecule has 0 spiro atoms. The SMILES string of the molecule is Cc1csc(N(CC(F)(F)F)C(=O)CCCOc2ccc(Cl)cc2Cl)n1. The van der Waals surface area contributed by atoms with Crippen LogP contribution >= 0.6 is 34.5 Å². The number of amides is 1. The number of rotatable bonds is 7. The smallest absolute Gasteiger partial charge is 0.406 e. The van der Waals surface area contributed by atoms with Gasteiger partial charge in [0.05, 0.1) is 17.3 Å². The molecular weight excluding hydrogens is 412 g/mol. The van der Waals surface area contributed by atoms with Gasteiger partial charge in [-0.3, -0.25) is 9.69 Å². The maximum Gasteiger partial charge on any atom is 0.406 e. The molecule has 1 amide bonds. The van der Waals surface area contributed by atoms with Crippen LogP contribution in [0.4, 0.5) is 18.3 Å². The summed E-state index contributed by atoms with van der Waals surface area (Å²) in [4.78, 5) is 16.9. The van der Waals surface area contributed by atoms with E-state index >= 15 is 0 Å². The van der Waals surface area contributed by atoms with Crippen LogP contribution < -0.4 is 9.64 Å². The van der Waals surface area contributed by atoms with Gasteiger partial charge in [0.15, 0.2) is 5.13 Å². The molecule has 0 unspecified atom stereocenters. The van der Waals surface area contributed by atoms with E-state index in [-0.39, 0.29) is 24.6 Å². The summed E-state index contributed by atoms with van der Waals surface area (Å²) in [5.74, 6) is -0.270. The number of thiazole rings is 1. The molecule has 0 saturated carbocycles. The summed E-state index contributed by atoms with van der Waals surface area (Å²) in [6, 6.07) is 4.70. The van der Waals surface area contributed by atoms with Crippen molar-refractivity contribution in [1.29, 1.82) is 0 Å². The molecule has 0 aliphatic heterocycles. The molecule has 2 aromatic rings. The summed E-state index contributed by atoms with van der Waals surface area (Å²) in [5.41, 5.74) is 0.561. The first-order chi connectivity index (χ1) is 12.2. The van der Waals surface area contributed by atoms with Gasteiger partial charge < -0.3 is 4.74 Å². The lowest BCUT2D eigenvalue weighted by Crippen LogP contribution is -2.39. The molecule has 0 radical (unpaired) electrons. The number of alkyl halides is 3. The zero-order valence-corrected chi connectivity index (χ0v) is 16.0. The van der Waals surface area contributed by atoms with Gasteiger partial charge in [-0.05, 0) is 31.5 Å². The van der Waals surface area contributed by atoms with Crippen LogP contribution in [0.25, 0.3) is 0 Å². The highest BCUT2D eigenvalue weighted by Crippen LogP contribution is 2.28. The van der Waals surface area contributed by atoms with Gasteiger partial charge in [0.25, 0.3) is 0 Å². The van der Waals surface area contributed by atoms with Gasteiger partial charge in [-0.25, -0.2) is 4.98 Å². The van der Waals surface area contributed by atoms with E-state index in [0.717, 1.165) is 11.3 Å². The van der Waals surface area contributed by atoms with Crippen molar-refractivity contribution in [1.82, 2.24) is 4.98 Å². The van der Waals surface area contributed by atoms with Gasteiger partial charge in [0, 0.05) is 16.8 Å². The Kier molecular flexibility index (Phi) is 7.14. The zero-order valence-electron chi connectivity index (χ0n) is 13.6. The van der Waals surface area contributed by atoms with Crippen LogP contribution in [0.3, 0.4) is 0 Å². The molecule has 26 heavy (non-hydrogen) atoms. The summed E-state index contributed by atoms with van der Waals surface area (Å²) < 4.78 is 43.8. The highest BCUT2D eigenvalue weighted by molar-refractivity contribution is 7.14. The van der Waals surface area contributed by atoms with Gasteiger partial charge in [0.1, 0.15) is 12.3 Å². The molecule has 0 atom stereocenters. The molecule has 1 aromatic heterocycles. The number of hydrogen-bond acceptors (Lipinski definition) is 4. The number of carbonyl (C=O) groups is 1. The van der Waals surface area contributed by atoms with Crippen molar-refractivity contribution in [3.8, 4) is 5.75 Å². The van der Waals surface area contributed by atoms with Crippen LogP contribution in [0.1, 0.15) is 18.5 Å². The first kappa shape index (κ1) is 20.8. The van der Waals surface area contributed by atoms with Crippen molar-refractivity contribution in [3.63, 3.8) is 0 Å².